The Morgan fingerprint density at radius 2 is 1.76 bits per heavy atom. The van der Waals surface area contributed by atoms with Crippen LogP contribution in [0.3, 0.4) is 0 Å². The van der Waals surface area contributed by atoms with E-state index in [-0.39, 0.29) is 0 Å². The molecule has 1 saturated carbocycles. The minimum Gasteiger partial charge on any atom is -0.490 e. The summed E-state index contributed by atoms with van der Waals surface area (Å²) in [5, 5.41) is 0. The summed E-state index contributed by atoms with van der Waals surface area (Å²) in [6.45, 7) is 5.34. The number of rotatable bonds is 9. The number of hydrogen-bond donors (Lipinski definition) is 1. The first kappa shape index (κ1) is 16.1. The highest BCUT2D eigenvalue weighted by Crippen LogP contribution is 2.31. The fourth-order valence-corrected chi connectivity index (χ4v) is 2.93. The summed E-state index contributed by atoms with van der Waals surface area (Å²) in [4.78, 5) is 0. The zero-order valence-electron chi connectivity index (χ0n) is 12.9. The van der Waals surface area contributed by atoms with Gasteiger partial charge in [0, 0.05) is 6.61 Å². The zero-order valence-corrected chi connectivity index (χ0v) is 12.9. The number of benzene rings is 1. The largest absolute Gasteiger partial charge is 0.490 e. The summed E-state index contributed by atoms with van der Waals surface area (Å²) < 4.78 is 17.0. The van der Waals surface area contributed by atoms with Crippen LogP contribution in [0.4, 0.5) is 0 Å². The monoisotopic (exact) mass is 293 g/mol. The van der Waals surface area contributed by atoms with Gasteiger partial charge in [-0.2, -0.15) is 0 Å². The van der Waals surface area contributed by atoms with Crippen molar-refractivity contribution in [1.29, 1.82) is 0 Å². The second-order valence-electron chi connectivity index (χ2n) is 5.49. The number of nitrogens with two attached hydrogens (primary N) is 1. The fraction of sp³-hybridized carbons (Fsp3) is 0.647. The Bertz CT molecular complexity index is 411. The Morgan fingerprint density at radius 1 is 1.05 bits per heavy atom. The molecule has 0 bridgehead atoms. The van der Waals surface area contributed by atoms with E-state index in [0.29, 0.717) is 31.7 Å². The van der Waals surface area contributed by atoms with Crippen LogP contribution in [0.5, 0.6) is 11.5 Å². The Labute approximate surface area is 127 Å². The van der Waals surface area contributed by atoms with E-state index in [9.17, 15) is 0 Å². The standard InChI is InChI=1S/C17H27NO3/c1-2-20-16-8-3-4-9-17(16)21-11-10-19-13-15-7-5-6-14(15)12-18/h3-4,8-9,14-15H,2,5-7,10-13,18H2,1H3. The SMILES string of the molecule is CCOc1ccccc1OCCOCC1CCCC1CN. The van der Waals surface area contributed by atoms with Crippen molar-refractivity contribution in [2.75, 3.05) is 33.0 Å². The van der Waals surface area contributed by atoms with Crippen molar-refractivity contribution in [3.63, 3.8) is 0 Å². The lowest BCUT2D eigenvalue weighted by Crippen LogP contribution is -2.23. The van der Waals surface area contributed by atoms with Gasteiger partial charge in [-0.1, -0.05) is 18.6 Å². The number of para-hydroxylation sites is 2. The van der Waals surface area contributed by atoms with Gasteiger partial charge in [0.2, 0.25) is 0 Å². The molecule has 2 unspecified atom stereocenters. The molecule has 0 heterocycles. The summed E-state index contributed by atoms with van der Waals surface area (Å²) in [7, 11) is 0. The lowest BCUT2D eigenvalue weighted by atomic mass is 9.97. The smallest absolute Gasteiger partial charge is 0.161 e. The van der Waals surface area contributed by atoms with Gasteiger partial charge in [-0.15, -0.1) is 0 Å². The van der Waals surface area contributed by atoms with Gasteiger partial charge in [0.25, 0.3) is 0 Å². The van der Waals surface area contributed by atoms with Crippen molar-refractivity contribution in [3.05, 3.63) is 24.3 Å². The van der Waals surface area contributed by atoms with Crippen molar-refractivity contribution in [2.24, 2.45) is 17.6 Å². The van der Waals surface area contributed by atoms with Crippen LogP contribution >= 0.6 is 0 Å². The molecule has 1 aliphatic rings. The number of hydrogen-bond acceptors (Lipinski definition) is 4. The fourth-order valence-electron chi connectivity index (χ4n) is 2.93. The van der Waals surface area contributed by atoms with E-state index in [1.807, 2.05) is 31.2 Å². The molecular formula is C17H27NO3. The molecule has 0 aromatic heterocycles. The summed E-state index contributed by atoms with van der Waals surface area (Å²) in [6, 6.07) is 7.74. The van der Waals surface area contributed by atoms with Crippen LogP contribution in [0.15, 0.2) is 24.3 Å². The molecule has 2 atom stereocenters. The third-order valence-electron chi connectivity index (χ3n) is 4.09. The molecule has 4 heteroatoms. The maximum atomic E-state index is 5.78. The second-order valence-corrected chi connectivity index (χ2v) is 5.49. The Hall–Kier alpha value is -1.26. The highest BCUT2D eigenvalue weighted by Gasteiger charge is 2.25. The highest BCUT2D eigenvalue weighted by atomic mass is 16.5. The third-order valence-corrected chi connectivity index (χ3v) is 4.09. The van der Waals surface area contributed by atoms with Crippen molar-refractivity contribution >= 4 is 0 Å². The van der Waals surface area contributed by atoms with E-state index in [0.717, 1.165) is 24.7 Å². The van der Waals surface area contributed by atoms with E-state index in [4.69, 9.17) is 19.9 Å². The zero-order chi connectivity index (χ0) is 14.9. The summed E-state index contributed by atoms with van der Waals surface area (Å²) in [6.07, 6.45) is 3.78. The topological polar surface area (TPSA) is 53.7 Å². The summed E-state index contributed by atoms with van der Waals surface area (Å²) in [5.74, 6) is 2.85. The molecule has 1 aliphatic carbocycles. The molecule has 2 N–H and O–H groups in total. The molecule has 1 aromatic carbocycles. The summed E-state index contributed by atoms with van der Waals surface area (Å²) in [5.41, 5.74) is 5.78. The van der Waals surface area contributed by atoms with Gasteiger partial charge in [-0.3, -0.25) is 0 Å². The lowest BCUT2D eigenvalue weighted by molar-refractivity contribution is 0.0638. The van der Waals surface area contributed by atoms with Crippen molar-refractivity contribution < 1.29 is 14.2 Å². The minimum atomic E-state index is 0.546. The van der Waals surface area contributed by atoms with Crippen molar-refractivity contribution in [3.8, 4) is 11.5 Å². The first-order valence-corrected chi connectivity index (χ1v) is 7.97. The molecule has 1 aromatic rings. The first-order chi connectivity index (χ1) is 10.3. The van der Waals surface area contributed by atoms with E-state index in [1.165, 1.54) is 19.3 Å². The van der Waals surface area contributed by atoms with E-state index >= 15 is 0 Å². The molecule has 21 heavy (non-hydrogen) atoms. The predicted molar refractivity (Wildman–Crippen MR) is 83.8 cm³/mol. The van der Waals surface area contributed by atoms with Crippen molar-refractivity contribution in [1.82, 2.24) is 0 Å². The van der Waals surface area contributed by atoms with Crippen LogP contribution in [0.25, 0.3) is 0 Å². The van der Waals surface area contributed by atoms with E-state index < -0.39 is 0 Å². The normalized spacial score (nSPS) is 21.4. The molecule has 1 fully saturated rings. The molecule has 118 valence electrons. The van der Waals surface area contributed by atoms with E-state index in [2.05, 4.69) is 0 Å². The molecule has 2 rings (SSSR count). The average Bonchev–Trinajstić information content (AvgIpc) is 2.96. The average molecular weight is 293 g/mol. The predicted octanol–water partition coefficient (Wildman–Crippen LogP) is 2.86. The molecule has 0 radical (unpaired) electrons. The Balaban J connectivity index is 1.66. The van der Waals surface area contributed by atoms with Crippen LogP contribution < -0.4 is 15.2 Å². The maximum Gasteiger partial charge on any atom is 0.161 e. The molecule has 0 saturated heterocycles. The molecular weight excluding hydrogens is 266 g/mol. The number of ether oxygens (including phenoxy) is 3. The van der Waals surface area contributed by atoms with Crippen LogP contribution in [-0.4, -0.2) is 33.0 Å². The van der Waals surface area contributed by atoms with Crippen molar-refractivity contribution in [2.45, 2.75) is 26.2 Å². The molecule has 0 spiro atoms. The van der Waals surface area contributed by atoms with E-state index in [1.54, 1.807) is 0 Å². The van der Waals surface area contributed by atoms with Gasteiger partial charge in [0.1, 0.15) is 6.61 Å². The van der Waals surface area contributed by atoms with Crippen LogP contribution in [-0.2, 0) is 4.74 Å². The molecule has 0 amide bonds. The quantitative estimate of drug-likeness (QED) is 0.711. The van der Waals surface area contributed by atoms with Gasteiger partial charge in [-0.05, 0) is 50.3 Å². The first-order valence-electron chi connectivity index (χ1n) is 7.97. The Morgan fingerprint density at radius 3 is 2.48 bits per heavy atom. The second kappa shape index (κ2) is 8.90. The minimum absolute atomic E-state index is 0.546. The summed E-state index contributed by atoms with van der Waals surface area (Å²) >= 11 is 0. The van der Waals surface area contributed by atoms with Crippen LogP contribution in [0.1, 0.15) is 26.2 Å². The molecule has 4 nitrogen and oxygen atoms in total. The molecule has 0 aliphatic heterocycles. The third kappa shape index (κ3) is 4.90. The Kier molecular flexibility index (Phi) is 6.83. The van der Waals surface area contributed by atoms with Gasteiger partial charge in [-0.25, -0.2) is 0 Å². The van der Waals surface area contributed by atoms with Gasteiger partial charge in [0.15, 0.2) is 11.5 Å². The highest BCUT2D eigenvalue weighted by molar-refractivity contribution is 5.39. The van der Waals surface area contributed by atoms with Gasteiger partial charge < -0.3 is 19.9 Å². The van der Waals surface area contributed by atoms with Gasteiger partial charge >= 0.3 is 0 Å². The lowest BCUT2D eigenvalue weighted by Gasteiger charge is -2.18. The van der Waals surface area contributed by atoms with Crippen LogP contribution in [0, 0.1) is 11.8 Å². The van der Waals surface area contributed by atoms with Crippen LogP contribution in [0.2, 0.25) is 0 Å². The van der Waals surface area contributed by atoms with Gasteiger partial charge in [0.05, 0.1) is 13.2 Å². The maximum absolute atomic E-state index is 5.78.